The summed E-state index contributed by atoms with van der Waals surface area (Å²) >= 11 is 1.50. The van der Waals surface area contributed by atoms with Crippen LogP contribution in [0.1, 0.15) is 10.5 Å². The molecule has 0 aliphatic carbocycles. The summed E-state index contributed by atoms with van der Waals surface area (Å²) in [6, 6.07) is 13.0. The van der Waals surface area contributed by atoms with Gasteiger partial charge in [-0.25, -0.2) is 0 Å². The third kappa shape index (κ3) is 4.69. The lowest BCUT2D eigenvalue weighted by atomic mass is 10.2. The lowest BCUT2D eigenvalue weighted by molar-refractivity contribution is -0.116. The number of anilines is 2. The lowest BCUT2D eigenvalue weighted by Gasteiger charge is -2.28. The minimum Gasteiger partial charge on any atom is -0.378 e. The molecule has 9 heteroatoms. The summed E-state index contributed by atoms with van der Waals surface area (Å²) in [5.74, 6) is -0.127. The van der Waals surface area contributed by atoms with Gasteiger partial charge in [-0.3, -0.25) is 9.59 Å². The summed E-state index contributed by atoms with van der Waals surface area (Å²) in [7, 11) is 1.56. The topological polar surface area (TPSA) is 87.9 Å². The zero-order valence-corrected chi connectivity index (χ0v) is 17.4. The quantitative estimate of drug-likeness (QED) is 0.652. The molecule has 1 aromatic carbocycles. The van der Waals surface area contributed by atoms with Crippen LogP contribution in [0.2, 0.25) is 0 Å². The molecule has 0 unspecified atom stereocenters. The Morgan fingerprint density at radius 2 is 1.97 bits per heavy atom. The maximum absolute atomic E-state index is 12.5. The van der Waals surface area contributed by atoms with Crippen molar-refractivity contribution in [2.45, 2.75) is 0 Å². The van der Waals surface area contributed by atoms with Crippen molar-refractivity contribution in [3.63, 3.8) is 0 Å². The van der Waals surface area contributed by atoms with E-state index in [1.54, 1.807) is 13.1 Å². The summed E-state index contributed by atoms with van der Waals surface area (Å²) in [6.45, 7) is 3.06. The van der Waals surface area contributed by atoms with Gasteiger partial charge in [-0.15, -0.1) is 11.3 Å². The molecule has 3 aromatic rings. The Morgan fingerprint density at radius 3 is 2.67 bits per heavy atom. The number of morpholine rings is 1. The first kappa shape index (κ1) is 20.1. The molecule has 0 bridgehead atoms. The van der Waals surface area contributed by atoms with E-state index >= 15 is 0 Å². The third-order valence-electron chi connectivity index (χ3n) is 4.75. The molecule has 0 spiro atoms. The van der Waals surface area contributed by atoms with E-state index < -0.39 is 0 Å². The van der Waals surface area contributed by atoms with Crippen LogP contribution >= 0.6 is 11.3 Å². The molecule has 4 rings (SSSR count). The van der Waals surface area contributed by atoms with E-state index in [9.17, 15) is 9.59 Å². The van der Waals surface area contributed by atoms with E-state index in [-0.39, 0.29) is 24.1 Å². The van der Waals surface area contributed by atoms with Crippen molar-refractivity contribution in [1.29, 1.82) is 0 Å². The van der Waals surface area contributed by atoms with Crippen molar-refractivity contribution >= 4 is 34.5 Å². The number of hydrogen-bond donors (Lipinski definition) is 1. The van der Waals surface area contributed by atoms with Crippen molar-refractivity contribution in [3.8, 4) is 10.6 Å². The van der Waals surface area contributed by atoms with Crippen LogP contribution in [0.3, 0.4) is 0 Å². The van der Waals surface area contributed by atoms with Gasteiger partial charge in [0.25, 0.3) is 5.91 Å². The molecule has 1 aliphatic heterocycles. The molecule has 8 nitrogen and oxygen atoms in total. The predicted molar refractivity (Wildman–Crippen MR) is 115 cm³/mol. The van der Waals surface area contributed by atoms with Crippen molar-refractivity contribution < 1.29 is 18.8 Å². The normalized spacial score (nSPS) is 13.8. The van der Waals surface area contributed by atoms with Gasteiger partial charge in [0.2, 0.25) is 5.91 Å². The summed E-state index contributed by atoms with van der Waals surface area (Å²) < 4.78 is 10.6. The van der Waals surface area contributed by atoms with Gasteiger partial charge in [-0.1, -0.05) is 11.2 Å². The SMILES string of the molecule is CN(CC(=O)Nc1ccc(N2CCOCC2)cc1)C(=O)c1cc(-c2cccs2)on1. The number of ether oxygens (including phenoxy) is 1. The Kier molecular flexibility index (Phi) is 6.10. The second-order valence-electron chi connectivity index (χ2n) is 6.91. The van der Waals surface area contributed by atoms with Crippen LogP contribution in [0.5, 0.6) is 0 Å². The van der Waals surface area contributed by atoms with Gasteiger partial charge in [0, 0.05) is 37.6 Å². The number of amides is 2. The van der Waals surface area contributed by atoms with Crippen molar-refractivity contribution in [2.24, 2.45) is 0 Å². The van der Waals surface area contributed by atoms with Gasteiger partial charge in [-0.05, 0) is 35.7 Å². The Morgan fingerprint density at radius 1 is 1.20 bits per heavy atom. The van der Waals surface area contributed by atoms with E-state index in [0.717, 1.165) is 36.9 Å². The number of carbonyl (C=O) groups excluding carboxylic acids is 2. The van der Waals surface area contributed by atoms with Crippen LogP contribution in [0, 0.1) is 0 Å². The highest BCUT2D eigenvalue weighted by atomic mass is 32.1. The van der Waals surface area contributed by atoms with Crippen molar-refractivity contribution in [1.82, 2.24) is 10.1 Å². The third-order valence-corrected chi connectivity index (χ3v) is 5.63. The minimum atomic E-state index is -0.376. The Hall–Kier alpha value is -3.17. The number of thiophene rings is 1. The fourth-order valence-corrected chi connectivity index (χ4v) is 3.84. The van der Waals surface area contributed by atoms with Gasteiger partial charge in [0.15, 0.2) is 11.5 Å². The maximum atomic E-state index is 12.5. The van der Waals surface area contributed by atoms with Gasteiger partial charge < -0.3 is 24.4 Å². The number of aromatic nitrogens is 1. The largest absolute Gasteiger partial charge is 0.378 e. The van der Waals surface area contributed by atoms with Crippen LogP contribution in [-0.4, -0.2) is 61.8 Å². The first-order valence-electron chi connectivity index (χ1n) is 9.59. The first-order chi connectivity index (χ1) is 14.6. The molecule has 30 heavy (non-hydrogen) atoms. The van der Waals surface area contributed by atoms with Gasteiger partial charge in [-0.2, -0.15) is 0 Å². The van der Waals surface area contributed by atoms with Crippen LogP contribution < -0.4 is 10.2 Å². The average Bonchev–Trinajstić information content (AvgIpc) is 3.46. The molecule has 2 amide bonds. The van der Waals surface area contributed by atoms with Crippen molar-refractivity contribution in [3.05, 3.63) is 53.5 Å². The fraction of sp³-hybridized carbons (Fsp3) is 0.286. The van der Waals surface area contributed by atoms with Crippen LogP contribution in [-0.2, 0) is 9.53 Å². The molecule has 1 N–H and O–H groups in total. The standard InChI is InChI=1S/C21H22N4O4S/c1-24(21(27)17-13-18(29-23-17)19-3-2-12-30-19)14-20(26)22-15-4-6-16(7-5-15)25-8-10-28-11-9-25/h2-7,12-13H,8-11,14H2,1H3,(H,22,26). The maximum Gasteiger partial charge on any atom is 0.276 e. The summed E-state index contributed by atoms with van der Waals surface area (Å²) in [4.78, 5) is 29.4. The number of benzene rings is 1. The smallest absolute Gasteiger partial charge is 0.276 e. The van der Waals surface area contributed by atoms with E-state index in [1.807, 2.05) is 41.8 Å². The van der Waals surface area contributed by atoms with E-state index in [0.29, 0.717) is 11.4 Å². The Labute approximate surface area is 178 Å². The molecular weight excluding hydrogens is 404 g/mol. The van der Waals surface area contributed by atoms with E-state index in [2.05, 4.69) is 15.4 Å². The number of hydrogen-bond acceptors (Lipinski definition) is 7. The second kappa shape index (κ2) is 9.10. The van der Waals surface area contributed by atoms with Crippen molar-refractivity contribution in [2.75, 3.05) is 50.1 Å². The van der Waals surface area contributed by atoms with E-state index in [4.69, 9.17) is 9.26 Å². The lowest BCUT2D eigenvalue weighted by Crippen LogP contribution is -2.36. The summed E-state index contributed by atoms with van der Waals surface area (Å²) in [5, 5.41) is 8.57. The molecule has 0 atom stereocenters. The Bertz CT molecular complexity index is 994. The van der Waals surface area contributed by atoms with Crippen LogP contribution in [0.4, 0.5) is 11.4 Å². The summed E-state index contributed by atoms with van der Waals surface area (Å²) in [5.41, 5.74) is 1.94. The number of rotatable bonds is 6. The highest BCUT2D eigenvalue weighted by molar-refractivity contribution is 7.13. The molecule has 1 aliphatic rings. The fourth-order valence-electron chi connectivity index (χ4n) is 3.17. The monoisotopic (exact) mass is 426 g/mol. The minimum absolute atomic E-state index is 0.0920. The van der Waals surface area contributed by atoms with Gasteiger partial charge in [0.1, 0.15) is 0 Å². The zero-order chi connectivity index (χ0) is 20.9. The molecule has 156 valence electrons. The molecule has 2 aromatic heterocycles. The van der Waals surface area contributed by atoms with Gasteiger partial charge >= 0.3 is 0 Å². The predicted octanol–water partition coefficient (Wildman–Crippen LogP) is 2.95. The summed E-state index contributed by atoms with van der Waals surface area (Å²) in [6.07, 6.45) is 0. The van der Waals surface area contributed by atoms with Crippen LogP contribution in [0.15, 0.2) is 52.4 Å². The molecule has 1 saturated heterocycles. The number of nitrogens with zero attached hydrogens (tertiary/aromatic N) is 3. The second-order valence-corrected chi connectivity index (χ2v) is 7.86. The first-order valence-corrected chi connectivity index (χ1v) is 10.5. The number of likely N-dealkylation sites (N-methyl/N-ethyl adjacent to an activating group) is 1. The Balaban J connectivity index is 1.31. The zero-order valence-electron chi connectivity index (χ0n) is 16.5. The highest BCUT2D eigenvalue weighted by Gasteiger charge is 2.20. The molecule has 0 saturated carbocycles. The molecule has 1 fully saturated rings. The average molecular weight is 426 g/mol. The molecule has 0 radical (unpaired) electrons. The van der Waals surface area contributed by atoms with E-state index in [1.165, 1.54) is 16.2 Å². The molecule has 3 heterocycles. The number of carbonyl (C=O) groups is 2. The highest BCUT2D eigenvalue weighted by Crippen LogP contribution is 2.25. The van der Waals surface area contributed by atoms with Crippen LogP contribution in [0.25, 0.3) is 10.6 Å². The molecular formula is C21H22N4O4S. The van der Waals surface area contributed by atoms with Gasteiger partial charge in [0.05, 0.1) is 24.6 Å². The number of nitrogens with one attached hydrogen (secondary N) is 1.